The molecule has 2 heterocycles. The highest BCUT2D eigenvalue weighted by atomic mass is 32.2. The van der Waals surface area contributed by atoms with Gasteiger partial charge in [0.05, 0.1) is 6.54 Å². The Morgan fingerprint density at radius 3 is 2.64 bits per heavy atom. The number of hydrogen-bond donors (Lipinski definition) is 2. The van der Waals surface area contributed by atoms with Crippen LogP contribution in [0.1, 0.15) is 49.2 Å². The van der Waals surface area contributed by atoms with Gasteiger partial charge in [0.15, 0.2) is 11.5 Å². The summed E-state index contributed by atoms with van der Waals surface area (Å²) in [5, 5.41) is 6.24. The monoisotopic (exact) mass is 557 g/mol. The highest BCUT2D eigenvalue weighted by molar-refractivity contribution is 7.89. The maximum Gasteiger partial charge on any atom is 0.287 e. The molecule has 39 heavy (non-hydrogen) atoms. The molecule has 2 atom stereocenters. The summed E-state index contributed by atoms with van der Waals surface area (Å²) in [7, 11) is -4.80. The van der Waals surface area contributed by atoms with Crippen molar-refractivity contribution in [2.45, 2.75) is 57.0 Å². The minimum absolute atomic E-state index is 0.0459. The molecular weight excluding hydrogens is 525 g/mol. The summed E-state index contributed by atoms with van der Waals surface area (Å²) in [4.78, 5) is 39.6. The first-order valence-electron chi connectivity index (χ1n) is 12.9. The number of hydrogen-bond acceptors (Lipinski definition) is 7. The summed E-state index contributed by atoms with van der Waals surface area (Å²) < 4.78 is 48.5. The first-order chi connectivity index (χ1) is 18.5. The molecule has 9 nitrogen and oxygen atoms in total. The van der Waals surface area contributed by atoms with Crippen LogP contribution in [0.5, 0.6) is 0 Å². The van der Waals surface area contributed by atoms with E-state index in [1.54, 1.807) is 12.1 Å². The number of furan rings is 1. The van der Waals surface area contributed by atoms with Gasteiger partial charge in [-0.15, -0.1) is 0 Å². The normalized spacial score (nSPS) is 17.2. The minimum atomic E-state index is -4.80. The maximum absolute atomic E-state index is 14.7. The third-order valence-electron chi connectivity index (χ3n) is 6.58. The summed E-state index contributed by atoms with van der Waals surface area (Å²) in [5.74, 6) is -3.45. The fourth-order valence-corrected chi connectivity index (χ4v) is 6.41. The lowest BCUT2D eigenvalue weighted by molar-refractivity contribution is -0.135. The molecule has 1 aliphatic heterocycles. The molecule has 0 saturated carbocycles. The van der Waals surface area contributed by atoms with Crippen molar-refractivity contribution in [2.24, 2.45) is 5.92 Å². The Bertz CT molecular complexity index is 1500. The van der Waals surface area contributed by atoms with Crippen LogP contribution in [0.3, 0.4) is 0 Å². The van der Waals surface area contributed by atoms with Gasteiger partial charge in [-0.1, -0.05) is 37.6 Å². The Hall–Kier alpha value is -3.57. The first kappa shape index (κ1) is 28.4. The molecule has 1 saturated heterocycles. The van der Waals surface area contributed by atoms with Gasteiger partial charge >= 0.3 is 0 Å². The number of carbonyl (C=O) groups excluding carboxylic acids is 3. The van der Waals surface area contributed by atoms with Crippen LogP contribution < -0.4 is 10.6 Å². The van der Waals surface area contributed by atoms with Crippen molar-refractivity contribution in [1.82, 2.24) is 14.9 Å². The Morgan fingerprint density at radius 2 is 1.92 bits per heavy atom. The van der Waals surface area contributed by atoms with E-state index in [0.717, 1.165) is 17.7 Å². The Labute approximate surface area is 226 Å². The number of carbonyl (C=O) groups is 3. The molecule has 208 valence electrons. The molecule has 1 aliphatic rings. The predicted molar refractivity (Wildman–Crippen MR) is 143 cm³/mol. The van der Waals surface area contributed by atoms with Crippen molar-refractivity contribution < 1.29 is 31.6 Å². The van der Waals surface area contributed by atoms with Crippen LogP contribution >= 0.6 is 0 Å². The van der Waals surface area contributed by atoms with Gasteiger partial charge in [0.25, 0.3) is 21.8 Å². The zero-order valence-electron chi connectivity index (χ0n) is 22.1. The highest BCUT2D eigenvalue weighted by Crippen LogP contribution is 2.27. The van der Waals surface area contributed by atoms with Gasteiger partial charge in [-0.2, -0.15) is 0 Å². The second kappa shape index (κ2) is 11.7. The molecule has 0 bridgehead atoms. The number of fused-ring (bicyclic) bond motifs is 1. The number of sulfonamides is 1. The van der Waals surface area contributed by atoms with Gasteiger partial charge in [-0.3, -0.25) is 14.4 Å². The van der Waals surface area contributed by atoms with Gasteiger partial charge in [0.1, 0.15) is 28.4 Å². The van der Waals surface area contributed by atoms with Crippen LogP contribution in [0, 0.1) is 18.7 Å². The van der Waals surface area contributed by atoms with E-state index in [-0.39, 0.29) is 31.1 Å². The molecule has 0 radical (unpaired) electrons. The SMILES string of the molecule is Cc1ccc2oc(C(=O)N[C@@H](CC(C)C)C(=O)N(C3CCCNCC3=O)S(=O)(=O)c3ccccc3F)cc2c1. The van der Waals surface area contributed by atoms with Gasteiger partial charge < -0.3 is 15.1 Å². The van der Waals surface area contributed by atoms with Crippen molar-refractivity contribution >= 4 is 38.6 Å². The standard InChI is InChI=1S/C28H32FN3O6S/c1-17(2)13-21(31-27(34)25-15-19-14-18(3)10-11-24(19)38-25)28(35)32(22-8-6-12-30-16-23(22)33)39(36,37)26-9-5-4-7-20(26)29/h4-5,7,9-11,14-15,17,21-22,30H,6,8,12-13,16H2,1-3H3,(H,31,34)/t21-,22?/m0/s1. The van der Waals surface area contributed by atoms with E-state index in [4.69, 9.17) is 4.42 Å². The van der Waals surface area contributed by atoms with Crippen molar-refractivity contribution in [1.29, 1.82) is 0 Å². The molecule has 0 spiro atoms. The second-order valence-corrected chi connectivity index (χ2v) is 12.0. The molecule has 3 aromatic rings. The summed E-state index contributed by atoms with van der Waals surface area (Å²) in [6.07, 6.45) is 0.565. The average Bonchev–Trinajstić information content (AvgIpc) is 3.19. The van der Waals surface area contributed by atoms with Crippen molar-refractivity contribution in [3.63, 3.8) is 0 Å². The first-order valence-corrected chi connectivity index (χ1v) is 14.3. The van der Waals surface area contributed by atoms with Crippen LogP contribution in [0.15, 0.2) is 57.8 Å². The van der Waals surface area contributed by atoms with E-state index in [0.29, 0.717) is 28.2 Å². The number of ketones is 1. The molecular formula is C28H32FN3O6S. The minimum Gasteiger partial charge on any atom is -0.451 e. The predicted octanol–water partition coefficient (Wildman–Crippen LogP) is 3.56. The maximum atomic E-state index is 14.7. The number of Topliss-reactive ketones (excluding diaryl/α,β-unsaturated/α-hetero) is 1. The number of nitrogens with zero attached hydrogens (tertiary/aromatic N) is 1. The number of rotatable bonds is 8. The summed E-state index contributed by atoms with van der Waals surface area (Å²) >= 11 is 0. The van der Waals surface area contributed by atoms with Crippen LogP contribution in [0.4, 0.5) is 4.39 Å². The van der Waals surface area contributed by atoms with Crippen LogP contribution in [0.25, 0.3) is 11.0 Å². The lowest BCUT2D eigenvalue weighted by Gasteiger charge is -2.33. The van der Waals surface area contributed by atoms with Gasteiger partial charge in [-0.05, 0) is 69.0 Å². The average molecular weight is 558 g/mol. The van der Waals surface area contributed by atoms with Gasteiger partial charge in [0, 0.05) is 5.39 Å². The largest absolute Gasteiger partial charge is 0.451 e. The van der Waals surface area contributed by atoms with Gasteiger partial charge in [0.2, 0.25) is 0 Å². The Balaban J connectivity index is 1.74. The topological polar surface area (TPSA) is 126 Å². The third-order valence-corrected chi connectivity index (χ3v) is 8.42. The molecule has 1 aromatic heterocycles. The molecule has 11 heteroatoms. The van der Waals surface area contributed by atoms with Crippen molar-refractivity contribution in [3.05, 3.63) is 65.7 Å². The van der Waals surface area contributed by atoms with E-state index in [9.17, 15) is 27.2 Å². The lowest BCUT2D eigenvalue weighted by atomic mass is 10.0. The number of aryl methyl sites for hydroxylation is 1. The number of benzene rings is 2. The van der Waals surface area contributed by atoms with E-state index in [2.05, 4.69) is 10.6 Å². The van der Waals surface area contributed by atoms with E-state index in [1.165, 1.54) is 12.1 Å². The fraction of sp³-hybridized carbons (Fsp3) is 0.393. The molecule has 2 aromatic carbocycles. The van der Waals surface area contributed by atoms with E-state index in [1.807, 2.05) is 32.9 Å². The summed E-state index contributed by atoms with van der Waals surface area (Å²) in [6.45, 7) is 5.85. The third kappa shape index (κ3) is 6.20. The summed E-state index contributed by atoms with van der Waals surface area (Å²) in [5.41, 5.74) is 1.46. The van der Waals surface area contributed by atoms with Crippen LogP contribution in [0.2, 0.25) is 0 Å². The Morgan fingerprint density at radius 1 is 1.18 bits per heavy atom. The summed E-state index contributed by atoms with van der Waals surface area (Å²) in [6, 6.07) is 8.98. The fourth-order valence-electron chi connectivity index (χ4n) is 4.71. The molecule has 1 fully saturated rings. The molecule has 4 rings (SSSR count). The molecule has 2 N–H and O–H groups in total. The number of nitrogens with one attached hydrogen (secondary N) is 2. The van der Waals surface area contributed by atoms with E-state index < -0.39 is 50.4 Å². The van der Waals surface area contributed by atoms with E-state index >= 15 is 0 Å². The second-order valence-electron chi connectivity index (χ2n) is 10.2. The smallest absolute Gasteiger partial charge is 0.287 e. The number of halogens is 1. The van der Waals surface area contributed by atoms with Crippen LogP contribution in [-0.2, 0) is 19.6 Å². The zero-order chi connectivity index (χ0) is 28.3. The van der Waals surface area contributed by atoms with Crippen molar-refractivity contribution in [2.75, 3.05) is 13.1 Å². The molecule has 1 unspecified atom stereocenters. The quantitative estimate of drug-likeness (QED) is 0.434. The lowest BCUT2D eigenvalue weighted by Crippen LogP contribution is -2.56. The molecule has 0 aliphatic carbocycles. The highest BCUT2D eigenvalue weighted by Gasteiger charge is 2.43. The Kier molecular flexibility index (Phi) is 8.51. The molecule has 2 amide bonds. The van der Waals surface area contributed by atoms with Crippen molar-refractivity contribution in [3.8, 4) is 0 Å². The zero-order valence-corrected chi connectivity index (χ0v) is 22.9. The van der Waals surface area contributed by atoms with Crippen LogP contribution in [-0.4, -0.2) is 55.5 Å². The number of amides is 2. The van der Waals surface area contributed by atoms with Gasteiger partial charge in [-0.25, -0.2) is 17.1 Å².